The highest BCUT2D eigenvalue weighted by molar-refractivity contribution is 5.79. The molecule has 3 aromatic rings. The summed E-state index contributed by atoms with van der Waals surface area (Å²) in [5, 5.41) is 6.69. The van der Waals surface area contributed by atoms with E-state index in [9.17, 15) is 0 Å². The molecule has 160 valence electrons. The van der Waals surface area contributed by atoms with E-state index in [-0.39, 0.29) is 6.79 Å². The normalized spacial score (nSPS) is 12.6. The molecule has 0 amide bonds. The zero-order valence-electron chi connectivity index (χ0n) is 17.6. The average Bonchev–Trinajstić information content (AvgIpc) is 3.28. The zero-order chi connectivity index (χ0) is 21.3. The summed E-state index contributed by atoms with van der Waals surface area (Å²) in [5.41, 5.74) is 4.60. The number of nitrogens with zero attached hydrogens (tertiary/aromatic N) is 1. The molecule has 1 heterocycles. The number of rotatable bonds is 8. The molecule has 4 rings (SSSR count). The van der Waals surface area contributed by atoms with E-state index in [0.717, 1.165) is 28.6 Å². The van der Waals surface area contributed by atoms with Crippen molar-refractivity contribution < 1.29 is 14.2 Å². The maximum Gasteiger partial charge on any atom is 0.231 e. The molecule has 0 atom stereocenters. The first-order valence-corrected chi connectivity index (χ1v) is 10.3. The van der Waals surface area contributed by atoms with Gasteiger partial charge in [0.1, 0.15) is 0 Å². The highest BCUT2D eigenvalue weighted by Crippen LogP contribution is 2.32. The number of benzene rings is 3. The van der Waals surface area contributed by atoms with Gasteiger partial charge in [-0.3, -0.25) is 4.99 Å². The summed E-state index contributed by atoms with van der Waals surface area (Å²) in [6.45, 7) is 2.79. The molecule has 0 radical (unpaired) electrons. The lowest BCUT2D eigenvalue weighted by molar-refractivity contribution is 0.107. The van der Waals surface area contributed by atoms with Crippen LogP contribution in [0.2, 0.25) is 0 Å². The van der Waals surface area contributed by atoms with E-state index in [2.05, 4.69) is 52.0 Å². The molecule has 2 N–H and O–H groups in total. The summed E-state index contributed by atoms with van der Waals surface area (Å²) >= 11 is 0. The fraction of sp³-hybridized carbons (Fsp3) is 0.240. The minimum atomic E-state index is 0.284. The SMILES string of the molecule is CN=C(NCc1cccc(COCc2ccccc2)c1)NCc1ccc2c(c1)OCO2. The Morgan fingerprint density at radius 1 is 0.774 bits per heavy atom. The molecule has 0 spiro atoms. The third-order valence-electron chi connectivity index (χ3n) is 4.95. The molecule has 3 aromatic carbocycles. The van der Waals surface area contributed by atoms with Crippen molar-refractivity contribution in [2.45, 2.75) is 26.3 Å². The minimum Gasteiger partial charge on any atom is -0.454 e. The van der Waals surface area contributed by atoms with E-state index in [4.69, 9.17) is 14.2 Å². The fourth-order valence-corrected chi connectivity index (χ4v) is 3.33. The molecular formula is C25H27N3O3. The first-order chi connectivity index (χ1) is 15.3. The monoisotopic (exact) mass is 417 g/mol. The lowest BCUT2D eigenvalue weighted by Crippen LogP contribution is -2.36. The van der Waals surface area contributed by atoms with Crippen LogP contribution in [-0.2, 0) is 31.0 Å². The van der Waals surface area contributed by atoms with Crippen LogP contribution in [0.25, 0.3) is 0 Å². The Balaban J connectivity index is 1.24. The Morgan fingerprint density at radius 3 is 2.26 bits per heavy atom. The number of nitrogens with one attached hydrogen (secondary N) is 2. The number of hydrogen-bond acceptors (Lipinski definition) is 4. The molecular weight excluding hydrogens is 390 g/mol. The summed E-state index contributed by atoms with van der Waals surface area (Å²) in [6.07, 6.45) is 0. The number of fused-ring (bicyclic) bond motifs is 1. The van der Waals surface area contributed by atoms with Crippen molar-refractivity contribution in [2.75, 3.05) is 13.8 Å². The van der Waals surface area contributed by atoms with Crippen molar-refractivity contribution in [3.05, 3.63) is 95.1 Å². The topological polar surface area (TPSA) is 64.1 Å². The third kappa shape index (κ3) is 5.99. The van der Waals surface area contributed by atoms with E-state index in [1.54, 1.807) is 7.05 Å². The largest absolute Gasteiger partial charge is 0.454 e. The average molecular weight is 418 g/mol. The van der Waals surface area contributed by atoms with Gasteiger partial charge in [0, 0.05) is 20.1 Å². The van der Waals surface area contributed by atoms with E-state index >= 15 is 0 Å². The Bertz CT molecular complexity index is 1020. The Morgan fingerprint density at radius 2 is 1.45 bits per heavy atom. The summed E-state index contributed by atoms with van der Waals surface area (Å²) in [5.74, 6) is 2.32. The van der Waals surface area contributed by atoms with Crippen LogP contribution in [-0.4, -0.2) is 19.8 Å². The quantitative estimate of drug-likeness (QED) is 0.429. The van der Waals surface area contributed by atoms with Crippen LogP contribution in [0, 0.1) is 0 Å². The first kappa shape index (κ1) is 20.8. The van der Waals surface area contributed by atoms with Gasteiger partial charge in [0.05, 0.1) is 13.2 Å². The molecule has 0 saturated heterocycles. The van der Waals surface area contributed by atoms with Crippen LogP contribution >= 0.6 is 0 Å². The predicted octanol–water partition coefficient (Wildman–Crippen LogP) is 4.00. The zero-order valence-corrected chi connectivity index (χ0v) is 17.6. The number of ether oxygens (including phenoxy) is 3. The lowest BCUT2D eigenvalue weighted by Gasteiger charge is -2.13. The molecule has 6 nitrogen and oxygen atoms in total. The van der Waals surface area contributed by atoms with Crippen molar-refractivity contribution in [3.8, 4) is 11.5 Å². The molecule has 6 heteroatoms. The Labute approximate surface area is 182 Å². The second-order valence-electron chi connectivity index (χ2n) is 7.27. The van der Waals surface area contributed by atoms with Gasteiger partial charge >= 0.3 is 0 Å². The molecule has 0 aromatic heterocycles. The minimum absolute atomic E-state index is 0.284. The number of aliphatic imine (C=N–C) groups is 1. The van der Waals surface area contributed by atoms with Gasteiger partial charge in [0.2, 0.25) is 6.79 Å². The molecule has 1 aliphatic rings. The summed E-state index contributed by atoms with van der Waals surface area (Å²) < 4.78 is 16.6. The molecule has 0 fully saturated rings. The van der Waals surface area contributed by atoms with Crippen LogP contribution < -0.4 is 20.1 Å². The van der Waals surface area contributed by atoms with E-state index in [1.807, 2.05) is 36.4 Å². The highest BCUT2D eigenvalue weighted by Gasteiger charge is 2.13. The maximum absolute atomic E-state index is 5.85. The van der Waals surface area contributed by atoms with Crippen molar-refractivity contribution in [3.63, 3.8) is 0 Å². The standard InChI is InChI=1S/C25H27N3O3/c1-26-25(28-15-21-10-11-23-24(13-21)31-18-30-23)27-14-20-8-5-9-22(12-20)17-29-16-19-6-3-2-4-7-19/h2-13H,14-18H2,1H3,(H2,26,27,28). The second-order valence-corrected chi connectivity index (χ2v) is 7.27. The Hall–Kier alpha value is -3.51. The summed E-state index contributed by atoms with van der Waals surface area (Å²) in [6, 6.07) is 24.5. The first-order valence-electron chi connectivity index (χ1n) is 10.3. The van der Waals surface area contributed by atoms with Gasteiger partial charge in [-0.1, -0.05) is 60.7 Å². The number of guanidine groups is 1. The van der Waals surface area contributed by atoms with Crippen LogP contribution in [0.4, 0.5) is 0 Å². The van der Waals surface area contributed by atoms with E-state index < -0.39 is 0 Å². The lowest BCUT2D eigenvalue weighted by atomic mass is 10.1. The molecule has 0 bridgehead atoms. The Kier molecular flexibility index (Phi) is 7.03. The molecule has 0 saturated carbocycles. The van der Waals surface area contributed by atoms with Gasteiger partial charge in [-0.05, 0) is 34.4 Å². The van der Waals surface area contributed by atoms with Gasteiger partial charge < -0.3 is 24.8 Å². The van der Waals surface area contributed by atoms with Crippen LogP contribution in [0.1, 0.15) is 22.3 Å². The van der Waals surface area contributed by atoms with Crippen LogP contribution in [0.5, 0.6) is 11.5 Å². The van der Waals surface area contributed by atoms with Crippen LogP contribution in [0.15, 0.2) is 77.8 Å². The van der Waals surface area contributed by atoms with Gasteiger partial charge in [-0.15, -0.1) is 0 Å². The van der Waals surface area contributed by atoms with Crippen molar-refractivity contribution in [1.29, 1.82) is 0 Å². The molecule has 0 unspecified atom stereocenters. The van der Waals surface area contributed by atoms with Crippen LogP contribution in [0.3, 0.4) is 0 Å². The van der Waals surface area contributed by atoms with Crippen molar-refractivity contribution in [2.24, 2.45) is 4.99 Å². The van der Waals surface area contributed by atoms with E-state index in [0.29, 0.717) is 26.3 Å². The van der Waals surface area contributed by atoms with Gasteiger partial charge in [-0.25, -0.2) is 0 Å². The predicted molar refractivity (Wildman–Crippen MR) is 121 cm³/mol. The fourth-order valence-electron chi connectivity index (χ4n) is 3.33. The molecule has 0 aliphatic carbocycles. The highest BCUT2D eigenvalue weighted by atomic mass is 16.7. The maximum atomic E-state index is 5.85. The third-order valence-corrected chi connectivity index (χ3v) is 4.95. The smallest absolute Gasteiger partial charge is 0.231 e. The van der Waals surface area contributed by atoms with Gasteiger partial charge in [0.25, 0.3) is 0 Å². The summed E-state index contributed by atoms with van der Waals surface area (Å²) in [7, 11) is 1.77. The molecule has 1 aliphatic heterocycles. The molecule has 31 heavy (non-hydrogen) atoms. The van der Waals surface area contributed by atoms with Gasteiger partial charge in [0.15, 0.2) is 17.5 Å². The van der Waals surface area contributed by atoms with Crippen molar-refractivity contribution >= 4 is 5.96 Å². The van der Waals surface area contributed by atoms with E-state index in [1.165, 1.54) is 11.1 Å². The number of hydrogen-bond donors (Lipinski definition) is 2. The van der Waals surface area contributed by atoms with Crippen molar-refractivity contribution in [1.82, 2.24) is 10.6 Å². The second kappa shape index (κ2) is 10.5. The summed E-state index contributed by atoms with van der Waals surface area (Å²) in [4.78, 5) is 4.31. The van der Waals surface area contributed by atoms with Gasteiger partial charge in [-0.2, -0.15) is 0 Å².